The van der Waals surface area contributed by atoms with Crippen LogP contribution >= 0.6 is 0 Å². The van der Waals surface area contributed by atoms with Crippen molar-refractivity contribution in [3.63, 3.8) is 0 Å². The maximum Gasteiger partial charge on any atom is 0.394 e. The van der Waals surface area contributed by atoms with E-state index in [1.165, 1.54) is 70.8 Å². The molecule has 23 heavy (non-hydrogen) atoms. The van der Waals surface area contributed by atoms with Gasteiger partial charge in [-0.2, -0.15) is 8.42 Å². The lowest BCUT2D eigenvalue weighted by Gasteiger charge is -2.28. The van der Waals surface area contributed by atoms with Crippen LogP contribution in [-0.4, -0.2) is 60.9 Å². The molecular formula is C16H38NO5S+. The first-order valence-electron chi connectivity index (χ1n) is 8.75. The Morgan fingerprint density at radius 2 is 1.09 bits per heavy atom. The van der Waals surface area contributed by atoms with Gasteiger partial charge in [0.1, 0.15) is 6.54 Å². The molecule has 0 aliphatic carbocycles. The van der Waals surface area contributed by atoms with Gasteiger partial charge in [0.25, 0.3) is 0 Å². The van der Waals surface area contributed by atoms with Crippen LogP contribution in [0.15, 0.2) is 0 Å². The van der Waals surface area contributed by atoms with Gasteiger partial charge in [0, 0.05) is 0 Å². The molecule has 0 unspecified atom stereocenters. The first-order valence-corrected chi connectivity index (χ1v) is 10.1. The minimum atomic E-state index is -4.67. The van der Waals surface area contributed by atoms with E-state index in [4.69, 9.17) is 22.6 Å². The van der Waals surface area contributed by atoms with E-state index in [2.05, 4.69) is 21.0 Å². The van der Waals surface area contributed by atoms with Crippen LogP contribution in [0.4, 0.5) is 0 Å². The van der Waals surface area contributed by atoms with E-state index in [-0.39, 0.29) is 0 Å². The minimum Gasteiger partial charge on any atom is -0.391 e. The van der Waals surface area contributed by atoms with Crippen molar-refractivity contribution in [2.45, 2.75) is 71.1 Å². The van der Waals surface area contributed by atoms with Crippen LogP contribution < -0.4 is 0 Å². The first-order chi connectivity index (χ1) is 10.6. The Labute approximate surface area is 143 Å². The second-order valence-corrected chi connectivity index (χ2v) is 7.63. The van der Waals surface area contributed by atoms with Crippen molar-refractivity contribution in [1.29, 1.82) is 0 Å². The van der Waals surface area contributed by atoms with Gasteiger partial charge in [-0.3, -0.25) is 9.11 Å². The van der Waals surface area contributed by atoms with Crippen molar-refractivity contribution >= 4 is 10.4 Å². The molecule has 0 bridgehead atoms. The molecule has 3 N–H and O–H groups in total. The Balaban J connectivity index is 0. The average Bonchev–Trinajstić information content (AvgIpc) is 2.39. The van der Waals surface area contributed by atoms with Crippen LogP contribution in [0.1, 0.15) is 71.1 Å². The summed E-state index contributed by atoms with van der Waals surface area (Å²) < 4.78 is 32.5. The fraction of sp³-hybridized carbons (Fsp3) is 1.00. The molecule has 0 heterocycles. The topological polar surface area (TPSA) is 94.8 Å². The molecule has 0 aromatic carbocycles. The van der Waals surface area contributed by atoms with Gasteiger partial charge in [-0.15, -0.1) is 0 Å². The molecule has 0 spiro atoms. The molecule has 0 radical (unpaired) electrons. The number of hydrogen-bond donors (Lipinski definition) is 3. The molecule has 0 aliphatic rings. The number of aliphatic hydroxyl groups is 1. The summed E-state index contributed by atoms with van der Waals surface area (Å²) in [4.78, 5) is 0. The van der Waals surface area contributed by atoms with Crippen LogP contribution in [0.5, 0.6) is 0 Å². The molecule has 6 nitrogen and oxygen atoms in total. The fourth-order valence-corrected chi connectivity index (χ4v) is 2.41. The van der Waals surface area contributed by atoms with E-state index in [1.807, 2.05) is 0 Å². The van der Waals surface area contributed by atoms with Crippen molar-refractivity contribution in [1.82, 2.24) is 0 Å². The summed E-state index contributed by atoms with van der Waals surface area (Å²) in [5, 5.41) is 8.95. The lowest BCUT2D eigenvalue weighted by molar-refractivity contribution is -0.890. The fourth-order valence-electron chi connectivity index (χ4n) is 2.41. The highest BCUT2D eigenvalue weighted by Crippen LogP contribution is 2.11. The SMILES string of the molecule is CCCCCCCCCCCC[N+](C)(C)CCO.O=S(=O)(O)O. The largest absolute Gasteiger partial charge is 0.394 e. The Hall–Kier alpha value is -0.210. The van der Waals surface area contributed by atoms with E-state index in [1.54, 1.807) is 0 Å². The van der Waals surface area contributed by atoms with Crippen LogP contribution in [0, 0.1) is 0 Å². The normalized spacial score (nSPS) is 11.9. The molecule has 0 fully saturated rings. The van der Waals surface area contributed by atoms with Crippen LogP contribution in [0.2, 0.25) is 0 Å². The molecule has 0 aliphatic heterocycles. The highest BCUT2D eigenvalue weighted by molar-refractivity contribution is 7.79. The number of aliphatic hydroxyl groups excluding tert-OH is 1. The highest BCUT2D eigenvalue weighted by atomic mass is 32.3. The molecular weight excluding hydrogens is 318 g/mol. The molecule has 0 atom stereocenters. The van der Waals surface area contributed by atoms with Gasteiger partial charge >= 0.3 is 10.4 Å². The smallest absolute Gasteiger partial charge is 0.391 e. The third-order valence-corrected chi connectivity index (χ3v) is 3.82. The monoisotopic (exact) mass is 356 g/mol. The second kappa shape index (κ2) is 15.3. The van der Waals surface area contributed by atoms with Crippen molar-refractivity contribution in [2.24, 2.45) is 0 Å². The maximum atomic E-state index is 8.95. The van der Waals surface area contributed by atoms with E-state index >= 15 is 0 Å². The lowest BCUT2D eigenvalue weighted by atomic mass is 10.1. The van der Waals surface area contributed by atoms with E-state index in [0.717, 1.165) is 11.0 Å². The van der Waals surface area contributed by atoms with Crippen molar-refractivity contribution in [3.8, 4) is 0 Å². The quantitative estimate of drug-likeness (QED) is 0.267. The van der Waals surface area contributed by atoms with Crippen LogP contribution in [0.3, 0.4) is 0 Å². The standard InChI is InChI=1S/C16H36NO.H2O4S/c1-4-5-6-7-8-9-10-11-12-13-14-17(2,3)15-16-18;1-5(2,3)4/h18H,4-16H2,1-3H3;(H2,1,2,3,4)/q+1;. The predicted octanol–water partition coefficient (Wildman–Crippen LogP) is 3.32. The molecule has 0 aromatic heterocycles. The summed E-state index contributed by atoms with van der Waals surface area (Å²) in [7, 11) is -0.242. The second-order valence-electron chi connectivity index (χ2n) is 6.74. The van der Waals surface area contributed by atoms with Gasteiger partial charge in [0.2, 0.25) is 0 Å². The van der Waals surface area contributed by atoms with E-state index in [9.17, 15) is 0 Å². The third-order valence-electron chi connectivity index (χ3n) is 3.82. The predicted molar refractivity (Wildman–Crippen MR) is 94.9 cm³/mol. The van der Waals surface area contributed by atoms with E-state index in [0.29, 0.717) is 6.61 Å². The number of nitrogens with zero attached hydrogens (tertiary/aromatic N) is 1. The Morgan fingerprint density at radius 3 is 1.43 bits per heavy atom. The number of rotatable bonds is 13. The number of likely N-dealkylation sites (N-methyl/N-ethyl adjacent to an activating group) is 1. The van der Waals surface area contributed by atoms with Crippen molar-refractivity contribution in [2.75, 3.05) is 33.8 Å². The summed E-state index contributed by atoms with van der Waals surface area (Å²) in [5.74, 6) is 0. The number of quaternary nitrogens is 1. The van der Waals surface area contributed by atoms with Gasteiger partial charge < -0.3 is 9.59 Å². The summed E-state index contributed by atoms with van der Waals surface area (Å²) in [6.07, 6.45) is 14.0. The van der Waals surface area contributed by atoms with Crippen LogP contribution in [-0.2, 0) is 10.4 Å². The van der Waals surface area contributed by atoms with Gasteiger partial charge in [-0.25, -0.2) is 0 Å². The van der Waals surface area contributed by atoms with Crippen molar-refractivity contribution in [3.05, 3.63) is 0 Å². The van der Waals surface area contributed by atoms with Gasteiger partial charge in [-0.1, -0.05) is 58.3 Å². The zero-order valence-corrected chi connectivity index (χ0v) is 16.0. The number of hydrogen-bond acceptors (Lipinski definition) is 3. The molecule has 0 amide bonds. The summed E-state index contributed by atoms with van der Waals surface area (Å²) in [5.41, 5.74) is 0. The maximum absolute atomic E-state index is 8.95. The zero-order valence-electron chi connectivity index (χ0n) is 15.2. The Kier molecular flexibility index (Phi) is 16.7. The van der Waals surface area contributed by atoms with Crippen molar-refractivity contribution < 1.29 is 27.1 Å². The minimum absolute atomic E-state index is 0.310. The summed E-state index contributed by atoms with van der Waals surface area (Å²) in [6, 6.07) is 0. The Bertz CT molecular complexity index is 336. The van der Waals surface area contributed by atoms with Crippen LogP contribution in [0.25, 0.3) is 0 Å². The lowest BCUT2D eigenvalue weighted by Crippen LogP contribution is -2.42. The molecule has 142 valence electrons. The number of unbranched alkanes of at least 4 members (excludes halogenated alkanes) is 9. The zero-order chi connectivity index (χ0) is 18.2. The summed E-state index contributed by atoms with van der Waals surface area (Å²) in [6.45, 7) is 4.68. The summed E-state index contributed by atoms with van der Waals surface area (Å²) >= 11 is 0. The van der Waals surface area contributed by atoms with Gasteiger partial charge in [0.05, 0.1) is 27.2 Å². The van der Waals surface area contributed by atoms with E-state index < -0.39 is 10.4 Å². The first kappa shape index (κ1) is 25.0. The molecule has 7 heteroatoms. The molecule has 0 rings (SSSR count). The molecule has 0 saturated heterocycles. The molecule has 0 aromatic rings. The highest BCUT2D eigenvalue weighted by Gasteiger charge is 2.12. The van der Waals surface area contributed by atoms with Gasteiger partial charge in [0.15, 0.2) is 0 Å². The third kappa shape index (κ3) is 30.3. The Morgan fingerprint density at radius 1 is 0.739 bits per heavy atom. The van der Waals surface area contributed by atoms with Gasteiger partial charge in [-0.05, 0) is 12.8 Å². The average molecular weight is 357 g/mol. The molecule has 0 saturated carbocycles.